The van der Waals surface area contributed by atoms with Crippen molar-refractivity contribution in [3.63, 3.8) is 0 Å². The summed E-state index contributed by atoms with van der Waals surface area (Å²) in [5.74, 6) is 2.42. The smallest absolute Gasteiger partial charge is 0.225 e. The molecule has 0 saturated carbocycles. The molecule has 1 amide bonds. The lowest BCUT2D eigenvalue weighted by Crippen LogP contribution is -2.51. The third kappa shape index (κ3) is 5.40. The van der Waals surface area contributed by atoms with E-state index in [4.69, 9.17) is 16.3 Å². The van der Waals surface area contributed by atoms with Gasteiger partial charge >= 0.3 is 0 Å². The zero-order valence-electron chi connectivity index (χ0n) is 18.5. The fourth-order valence-corrected chi connectivity index (χ4v) is 4.78. The Hall–Kier alpha value is -2.09. The van der Waals surface area contributed by atoms with Crippen LogP contribution in [0.4, 0.5) is 0 Å². The Morgan fingerprint density at radius 2 is 1.81 bits per heavy atom. The number of hydrogen-bond acceptors (Lipinski definition) is 5. The first-order chi connectivity index (χ1) is 15.0. The number of carbonyl (C=O) groups is 1. The van der Waals surface area contributed by atoms with Crippen LogP contribution in [0, 0.1) is 5.92 Å². The Kier molecular flexibility index (Phi) is 7.15. The first kappa shape index (κ1) is 22.1. The third-order valence-corrected chi connectivity index (χ3v) is 6.78. The Bertz CT molecular complexity index is 886. The van der Waals surface area contributed by atoms with Crippen LogP contribution in [0.5, 0.6) is 5.75 Å². The second-order valence-electron chi connectivity index (χ2n) is 8.56. The van der Waals surface area contributed by atoms with E-state index in [2.05, 4.69) is 24.3 Å². The van der Waals surface area contributed by atoms with Crippen molar-refractivity contribution in [3.8, 4) is 5.75 Å². The van der Waals surface area contributed by atoms with Gasteiger partial charge in [-0.25, -0.2) is 4.98 Å². The molecule has 2 aromatic rings. The summed E-state index contributed by atoms with van der Waals surface area (Å²) in [5, 5.41) is 0.721. The van der Waals surface area contributed by atoms with Crippen molar-refractivity contribution in [2.75, 3.05) is 46.4 Å². The molecule has 0 bridgehead atoms. The number of aryl methyl sites for hydroxylation is 1. The van der Waals surface area contributed by atoms with Crippen LogP contribution in [0.15, 0.2) is 30.6 Å². The first-order valence-corrected chi connectivity index (χ1v) is 11.4. The van der Waals surface area contributed by atoms with Crippen LogP contribution in [-0.2, 0) is 24.9 Å². The molecule has 168 valence electrons. The van der Waals surface area contributed by atoms with Crippen LogP contribution >= 0.6 is 11.6 Å². The maximum atomic E-state index is 13.1. The monoisotopic (exact) mass is 445 g/mol. The van der Waals surface area contributed by atoms with E-state index in [-0.39, 0.29) is 5.92 Å². The minimum absolute atomic E-state index is 0.150. The summed E-state index contributed by atoms with van der Waals surface area (Å²) in [7, 11) is 3.71. The van der Waals surface area contributed by atoms with Gasteiger partial charge in [0.05, 0.1) is 13.7 Å². The van der Waals surface area contributed by atoms with Crippen LogP contribution in [-0.4, -0.2) is 76.5 Å². The maximum Gasteiger partial charge on any atom is 0.225 e. The quantitative estimate of drug-likeness (QED) is 0.684. The number of carbonyl (C=O) groups excluding carboxylic acids is 1. The normalized spacial score (nSPS) is 19.0. The number of benzene rings is 1. The summed E-state index contributed by atoms with van der Waals surface area (Å²) in [6.45, 7) is 6.88. The minimum atomic E-state index is 0.150. The van der Waals surface area contributed by atoms with E-state index in [1.165, 1.54) is 0 Å². The zero-order valence-corrected chi connectivity index (χ0v) is 19.2. The molecule has 0 spiro atoms. The number of rotatable bonds is 6. The van der Waals surface area contributed by atoms with Crippen LogP contribution in [0.2, 0.25) is 5.02 Å². The van der Waals surface area contributed by atoms with Crippen molar-refractivity contribution in [2.24, 2.45) is 13.0 Å². The molecule has 8 heteroatoms. The maximum absolute atomic E-state index is 13.1. The molecule has 1 aromatic carbocycles. The Balaban J connectivity index is 1.23. The highest BCUT2D eigenvalue weighted by atomic mass is 35.5. The number of piperazine rings is 1. The number of piperidine rings is 1. The van der Waals surface area contributed by atoms with Gasteiger partial charge in [0.2, 0.25) is 5.91 Å². The molecule has 0 atom stereocenters. The number of likely N-dealkylation sites (tertiary alicyclic amines) is 1. The van der Waals surface area contributed by atoms with Gasteiger partial charge in [0, 0.05) is 68.7 Å². The Morgan fingerprint density at radius 3 is 2.45 bits per heavy atom. The van der Waals surface area contributed by atoms with Gasteiger partial charge in [-0.05, 0) is 44.1 Å². The predicted molar refractivity (Wildman–Crippen MR) is 121 cm³/mol. The fourth-order valence-electron chi connectivity index (χ4n) is 4.58. The summed E-state index contributed by atoms with van der Waals surface area (Å²) in [4.78, 5) is 24.3. The number of nitrogens with zero attached hydrogens (tertiary/aromatic N) is 5. The Labute approximate surface area is 189 Å². The number of aromatic nitrogens is 2. The third-order valence-electron chi connectivity index (χ3n) is 6.54. The van der Waals surface area contributed by atoms with E-state index in [1.54, 1.807) is 7.11 Å². The van der Waals surface area contributed by atoms with Crippen molar-refractivity contribution in [1.29, 1.82) is 0 Å². The predicted octanol–water partition coefficient (Wildman–Crippen LogP) is 2.64. The van der Waals surface area contributed by atoms with Gasteiger partial charge in [-0.15, -0.1) is 0 Å². The van der Waals surface area contributed by atoms with E-state index >= 15 is 0 Å². The van der Waals surface area contributed by atoms with Crippen molar-refractivity contribution >= 4 is 17.5 Å². The van der Waals surface area contributed by atoms with E-state index in [0.717, 1.165) is 87.4 Å². The summed E-state index contributed by atoms with van der Waals surface area (Å²) in [6.07, 6.45) is 5.69. The molecule has 3 heterocycles. The SMILES string of the molecule is COc1ccc(Cl)cc1CN1CCN(C(=O)C2CCN(Cc3nccn3C)CC2)CC1. The van der Waals surface area contributed by atoms with E-state index in [1.807, 2.05) is 37.6 Å². The second kappa shape index (κ2) is 10.0. The lowest BCUT2D eigenvalue weighted by atomic mass is 9.95. The summed E-state index contributed by atoms with van der Waals surface area (Å²) < 4.78 is 7.53. The number of hydrogen-bond donors (Lipinski definition) is 0. The molecule has 2 aliphatic rings. The lowest BCUT2D eigenvalue weighted by Gasteiger charge is -2.38. The van der Waals surface area contributed by atoms with E-state index < -0.39 is 0 Å². The molecule has 7 nitrogen and oxygen atoms in total. The number of ether oxygens (including phenoxy) is 1. The largest absolute Gasteiger partial charge is 0.496 e. The molecule has 0 unspecified atom stereocenters. The highest BCUT2D eigenvalue weighted by molar-refractivity contribution is 6.30. The molecule has 0 radical (unpaired) electrons. The molecule has 4 rings (SSSR count). The molecule has 2 fully saturated rings. The van der Waals surface area contributed by atoms with Crippen LogP contribution < -0.4 is 4.74 Å². The van der Waals surface area contributed by atoms with Crippen LogP contribution in [0.1, 0.15) is 24.2 Å². The van der Waals surface area contributed by atoms with Crippen LogP contribution in [0.3, 0.4) is 0 Å². The van der Waals surface area contributed by atoms with Gasteiger partial charge in [0.1, 0.15) is 11.6 Å². The number of methoxy groups -OCH3 is 1. The zero-order chi connectivity index (χ0) is 21.8. The van der Waals surface area contributed by atoms with Gasteiger partial charge in [-0.1, -0.05) is 11.6 Å². The highest BCUT2D eigenvalue weighted by Crippen LogP contribution is 2.25. The molecule has 1 aromatic heterocycles. The standard InChI is InChI=1S/C23H32ClN5O2/c1-26-10-7-25-22(26)17-27-8-5-18(6-9-27)23(30)29-13-11-28(12-14-29)16-19-15-20(24)3-4-21(19)31-2/h3-4,7,10,15,18H,5-6,8-9,11-14,16-17H2,1-2H3. The van der Waals surface area contributed by atoms with Crippen molar-refractivity contribution in [2.45, 2.75) is 25.9 Å². The Morgan fingerprint density at radius 1 is 1.10 bits per heavy atom. The lowest BCUT2D eigenvalue weighted by molar-refractivity contribution is -0.139. The van der Waals surface area contributed by atoms with Crippen molar-refractivity contribution in [1.82, 2.24) is 24.3 Å². The molecular weight excluding hydrogens is 414 g/mol. The van der Waals surface area contributed by atoms with Gasteiger partial charge in [0.25, 0.3) is 0 Å². The molecule has 0 N–H and O–H groups in total. The van der Waals surface area contributed by atoms with Gasteiger partial charge < -0.3 is 14.2 Å². The number of amides is 1. The molecule has 0 aliphatic carbocycles. The second-order valence-corrected chi connectivity index (χ2v) is 9.00. The molecular formula is C23H32ClN5O2. The highest BCUT2D eigenvalue weighted by Gasteiger charge is 2.30. The van der Waals surface area contributed by atoms with Gasteiger partial charge in [0.15, 0.2) is 0 Å². The van der Waals surface area contributed by atoms with Crippen LogP contribution in [0.25, 0.3) is 0 Å². The first-order valence-electron chi connectivity index (χ1n) is 11.1. The topological polar surface area (TPSA) is 53.8 Å². The number of imidazole rings is 1. The average Bonchev–Trinajstić information content (AvgIpc) is 3.19. The summed E-state index contributed by atoms with van der Waals surface area (Å²) in [6, 6.07) is 5.73. The summed E-state index contributed by atoms with van der Waals surface area (Å²) in [5.41, 5.74) is 1.09. The van der Waals surface area contributed by atoms with Gasteiger partial charge in [-0.3, -0.25) is 14.6 Å². The van der Waals surface area contributed by atoms with E-state index in [0.29, 0.717) is 5.91 Å². The molecule has 31 heavy (non-hydrogen) atoms. The van der Waals surface area contributed by atoms with Crippen molar-refractivity contribution < 1.29 is 9.53 Å². The summed E-state index contributed by atoms with van der Waals surface area (Å²) >= 11 is 6.16. The van der Waals surface area contributed by atoms with Crippen molar-refractivity contribution in [3.05, 3.63) is 47.0 Å². The van der Waals surface area contributed by atoms with E-state index in [9.17, 15) is 4.79 Å². The molecule has 2 aliphatic heterocycles. The minimum Gasteiger partial charge on any atom is -0.496 e. The fraction of sp³-hybridized carbons (Fsp3) is 0.565. The molecule has 2 saturated heterocycles. The number of halogens is 1. The van der Waals surface area contributed by atoms with Gasteiger partial charge in [-0.2, -0.15) is 0 Å². The average molecular weight is 446 g/mol.